The van der Waals surface area contributed by atoms with Crippen LogP contribution in [0, 0.1) is 6.92 Å². The second-order valence-corrected chi connectivity index (χ2v) is 5.08. The lowest BCUT2D eigenvalue weighted by atomic mass is 10.1. The first-order valence-corrected chi connectivity index (χ1v) is 7.19. The Balaban J connectivity index is 1.96. The molecule has 1 aromatic heterocycles. The molecule has 108 valence electrons. The number of hydrogen-bond acceptors (Lipinski definition) is 1. The second-order valence-electron chi connectivity index (χ2n) is 5.08. The number of carbonyl (C=O) groups is 1. The number of carbonyl (C=O) groups excluding carboxylic acids is 1. The van der Waals surface area contributed by atoms with Crippen LogP contribution in [0.25, 0.3) is 11.3 Å². The number of nitrogens with one attached hydrogen (secondary N) is 1. The first-order valence-electron chi connectivity index (χ1n) is 7.19. The van der Waals surface area contributed by atoms with Gasteiger partial charge in [0.2, 0.25) is 11.9 Å². The molecular weight excluding hydrogens is 272 g/mol. The maximum absolute atomic E-state index is 12.4. The molecule has 3 rings (SSSR count). The molecule has 0 saturated heterocycles. The van der Waals surface area contributed by atoms with E-state index < -0.39 is 0 Å². The highest BCUT2D eigenvalue weighted by Gasteiger charge is 2.17. The lowest BCUT2D eigenvalue weighted by Gasteiger charge is -2.06. The maximum atomic E-state index is 12.4. The van der Waals surface area contributed by atoms with Crippen molar-refractivity contribution in [2.45, 2.75) is 6.92 Å². The SMILES string of the molecule is Cc1ccccc1-c1cccc[n+]1NC(=O)c1ccccc1. The van der Waals surface area contributed by atoms with E-state index in [2.05, 4.69) is 24.5 Å². The summed E-state index contributed by atoms with van der Waals surface area (Å²) in [6.45, 7) is 2.06. The minimum Gasteiger partial charge on any atom is -0.264 e. The minimum absolute atomic E-state index is 0.133. The molecule has 2 aromatic carbocycles. The third-order valence-electron chi connectivity index (χ3n) is 3.54. The molecule has 3 nitrogen and oxygen atoms in total. The molecular formula is C19H17N2O+. The molecule has 0 atom stereocenters. The lowest BCUT2D eigenvalue weighted by molar-refractivity contribution is -0.630. The van der Waals surface area contributed by atoms with Crippen molar-refractivity contribution >= 4 is 5.91 Å². The molecule has 0 spiro atoms. The van der Waals surface area contributed by atoms with E-state index in [1.807, 2.05) is 54.7 Å². The standard InChI is InChI=1S/C19H16N2O/c1-15-9-5-6-12-17(15)18-13-7-8-14-21(18)20-19(22)16-10-3-2-4-11-16/h2-14H,1H3/p+1. The monoisotopic (exact) mass is 289 g/mol. The summed E-state index contributed by atoms with van der Waals surface area (Å²) >= 11 is 0. The zero-order valence-electron chi connectivity index (χ0n) is 12.4. The molecule has 0 saturated carbocycles. The van der Waals surface area contributed by atoms with Crippen molar-refractivity contribution in [1.82, 2.24) is 0 Å². The number of aromatic nitrogens is 1. The normalized spacial score (nSPS) is 10.2. The van der Waals surface area contributed by atoms with Crippen LogP contribution in [0.5, 0.6) is 0 Å². The van der Waals surface area contributed by atoms with Crippen LogP contribution in [0.2, 0.25) is 0 Å². The number of benzene rings is 2. The van der Waals surface area contributed by atoms with Gasteiger partial charge >= 0.3 is 5.91 Å². The molecule has 3 heteroatoms. The molecule has 1 amide bonds. The van der Waals surface area contributed by atoms with E-state index in [1.54, 1.807) is 16.8 Å². The molecule has 1 N–H and O–H groups in total. The molecule has 3 aromatic rings. The number of aryl methyl sites for hydroxylation is 1. The van der Waals surface area contributed by atoms with E-state index >= 15 is 0 Å². The van der Waals surface area contributed by atoms with Gasteiger partial charge in [-0.2, -0.15) is 0 Å². The van der Waals surface area contributed by atoms with Gasteiger partial charge in [-0.15, -0.1) is 5.43 Å². The molecule has 22 heavy (non-hydrogen) atoms. The van der Waals surface area contributed by atoms with Gasteiger partial charge in [0.25, 0.3) is 0 Å². The Hall–Kier alpha value is -2.94. The summed E-state index contributed by atoms with van der Waals surface area (Å²) in [6.07, 6.45) is 1.85. The number of amides is 1. The summed E-state index contributed by atoms with van der Waals surface area (Å²) in [5, 5.41) is 0. The number of nitrogens with zero attached hydrogens (tertiary/aromatic N) is 1. The van der Waals surface area contributed by atoms with Gasteiger partial charge in [0, 0.05) is 17.7 Å². The maximum Gasteiger partial charge on any atom is 0.305 e. The predicted molar refractivity (Wildman–Crippen MR) is 86.9 cm³/mol. The van der Waals surface area contributed by atoms with Crippen molar-refractivity contribution in [3.63, 3.8) is 0 Å². The van der Waals surface area contributed by atoms with Gasteiger partial charge in [0.15, 0.2) is 0 Å². The molecule has 0 radical (unpaired) electrons. The summed E-state index contributed by atoms with van der Waals surface area (Å²) in [7, 11) is 0. The van der Waals surface area contributed by atoms with Crippen molar-refractivity contribution in [1.29, 1.82) is 0 Å². The molecule has 0 unspecified atom stereocenters. The van der Waals surface area contributed by atoms with Gasteiger partial charge in [-0.1, -0.05) is 41.1 Å². The highest BCUT2D eigenvalue weighted by Crippen LogP contribution is 2.18. The fourth-order valence-electron chi connectivity index (χ4n) is 2.38. The summed E-state index contributed by atoms with van der Waals surface area (Å²) in [5.74, 6) is -0.133. The quantitative estimate of drug-likeness (QED) is 0.737. The Bertz CT molecular complexity index is 797. The van der Waals surface area contributed by atoms with Gasteiger partial charge in [-0.25, -0.2) is 0 Å². The first kappa shape index (κ1) is 14.0. The third kappa shape index (κ3) is 2.88. The minimum atomic E-state index is -0.133. The fourth-order valence-corrected chi connectivity index (χ4v) is 2.38. The largest absolute Gasteiger partial charge is 0.305 e. The first-order chi connectivity index (χ1) is 10.8. The van der Waals surface area contributed by atoms with E-state index in [4.69, 9.17) is 0 Å². The average Bonchev–Trinajstić information content (AvgIpc) is 2.57. The Kier molecular flexibility index (Phi) is 3.97. The van der Waals surface area contributed by atoms with Gasteiger partial charge in [0.05, 0.1) is 5.56 Å². The Morgan fingerprint density at radius 3 is 2.32 bits per heavy atom. The van der Waals surface area contributed by atoms with Crippen molar-refractivity contribution < 1.29 is 9.47 Å². The summed E-state index contributed by atoms with van der Waals surface area (Å²) in [5.41, 5.74) is 6.77. The summed E-state index contributed by atoms with van der Waals surface area (Å²) in [6, 6.07) is 23.2. The van der Waals surface area contributed by atoms with Crippen LogP contribution in [0.15, 0.2) is 79.0 Å². The van der Waals surface area contributed by atoms with E-state index in [1.165, 1.54) is 0 Å². The number of pyridine rings is 1. The number of hydrogen-bond donors (Lipinski definition) is 1. The van der Waals surface area contributed by atoms with Crippen LogP contribution in [0.1, 0.15) is 15.9 Å². The van der Waals surface area contributed by atoms with Crippen molar-refractivity contribution in [3.8, 4) is 11.3 Å². The van der Waals surface area contributed by atoms with Crippen LogP contribution in [0.4, 0.5) is 0 Å². The molecule has 0 aliphatic heterocycles. The molecule has 0 aliphatic rings. The van der Waals surface area contributed by atoms with E-state index in [9.17, 15) is 4.79 Å². The van der Waals surface area contributed by atoms with Gasteiger partial charge in [-0.3, -0.25) is 4.79 Å². The van der Waals surface area contributed by atoms with Crippen LogP contribution in [0.3, 0.4) is 0 Å². The zero-order chi connectivity index (χ0) is 15.4. The molecule has 1 heterocycles. The molecule has 0 fully saturated rings. The number of rotatable bonds is 3. The fraction of sp³-hybridized carbons (Fsp3) is 0.0526. The van der Waals surface area contributed by atoms with Crippen LogP contribution in [-0.4, -0.2) is 5.91 Å². The van der Waals surface area contributed by atoms with Gasteiger partial charge < -0.3 is 0 Å². The Morgan fingerprint density at radius 2 is 1.55 bits per heavy atom. The van der Waals surface area contributed by atoms with E-state index in [-0.39, 0.29) is 5.91 Å². The summed E-state index contributed by atoms with van der Waals surface area (Å²) < 4.78 is 1.76. The van der Waals surface area contributed by atoms with Crippen molar-refractivity contribution in [2.75, 3.05) is 5.43 Å². The predicted octanol–water partition coefficient (Wildman–Crippen LogP) is 3.33. The van der Waals surface area contributed by atoms with Crippen LogP contribution < -0.4 is 10.1 Å². The van der Waals surface area contributed by atoms with Crippen molar-refractivity contribution in [2.24, 2.45) is 0 Å². The lowest BCUT2D eigenvalue weighted by Crippen LogP contribution is -2.49. The Labute approximate surface area is 129 Å². The molecule has 0 aliphatic carbocycles. The smallest absolute Gasteiger partial charge is 0.264 e. The molecule has 0 bridgehead atoms. The van der Waals surface area contributed by atoms with Gasteiger partial charge in [0.1, 0.15) is 0 Å². The zero-order valence-corrected chi connectivity index (χ0v) is 12.4. The van der Waals surface area contributed by atoms with Crippen molar-refractivity contribution in [3.05, 3.63) is 90.1 Å². The second kappa shape index (κ2) is 6.22. The van der Waals surface area contributed by atoms with Crippen LogP contribution >= 0.6 is 0 Å². The van der Waals surface area contributed by atoms with E-state index in [0.29, 0.717) is 5.56 Å². The third-order valence-corrected chi connectivity index (χ3v) is 3.54. The van der Waals surface area contributed by atoms with Crippen LogP contribution in [-0.2, 0) is 0 Å². The average molecular weight is 289 g/mol. The van der Waals surface area contributed by atoms with E-state index in [0.717, 1.165) is 16.8 Å². The Morgan fingerprint density at radius 1 is 0.864 bits per heavy atom. The highest BCUT2D eigenvalue weighted by molar-refractivity contribution is 5.98. The summed E-state index contributed by atoms with van der Waals surface area (Å²) in [4.78, 5) is 12.4. The topological polar surface area (TPSA) is 33.0 Å². The highest BCUT2D eigenvalue weighted by atomic mass is 16.2. The van der Waals surface area contributed by atoms with Gasteiger partial charge in [-0.05, 0) is 36.8 Å².